The van der Waals surface area contributed by atoms with E-state index in [4.69, 9.17) is 5.11 Å². The second kappa shape index (κ2) is 8.57. The maximum atomic E-state index is 4.70. The zero-order valence-corrected chi connectivity index (χ0v) is 20.5. The van der Waals surface area contributed by atoms with Crippen LogP contribution in [0.2, 0.25) is 0 Å². The molecule has 0 saturated carbocycles. The molecular weight excluding hydrogens is 444 g/mol. The van der Waals surface area contributed by atoms with Crippen molar-refractivity contribution in [3.05, 3.63) is 97.1 Å². The van der Waals surface area contributed by atoms with Gasteiger partial charge in [-0.2, -0.15) is 5.11 Å². The van der Waals surface area contributed by atoms with Crippen molar-refractivity contribution in [2.75, 3.05) is 17.3 Å². The lowest BCUT2D eigenvalue weighted by Crippen LogP contribution is -2.50. The van der Waals surface area contributed by atoms with Crippen molar-refractivity contribution in [3.63, 3.8) is 0 Å². The molecule has 36 heavy (non-hydrogen) atoms. The van der Waals surface area contributed by atoms with E-state index in [1.54, 1.807) is 0 Å². The largest absolute Gasteiger partial charge is 0.363 e. The van der Waals surface area contributed by atoms with Gasteiger partial charge in [0.05, 0.1) is 22.7 Å². The first-order valence-corrected chi connectivity index (χ1v) is 12.0. The van der Waals surface area contributed by atoms with Crippen molar-refractivity contribution >= 4 is 55.7 Å². The molecule has 6 heteroatoms. The van der Waals surface area contributed by atoms with E-state index in [1.807, 2.05) is 72.8 Å². The maximum absolute atomic E-state index is 4.70. The average molecular weight is 471 g/mol. The van der Waals surface area contributed by atoms with Crippen LogP contribution in [0.25, 0.3) is 21.5 Å². The van der Waals surface area contributed by atoms with Crippen molar-refractivity contribution in [1.29, 1.82) is 0 Å². The van der Waals surface area contributed by atoms with Gasteiger partial charge in [0.25, 0.3) is 0 Å². The van der Waals surface area contributed by atoms with E-state index in [9.17, 15) is 0 Å². The Hall–Kier alpha value is -4.58. The van der Waals surface area contributed by atoms with Crippen LogP contribution in [0.1, 0.15) is 13.8 Å². The molecule has 6 nitrogen and oxygen atoms in total. The molecule has 0 saturated heterocycles. The number of azo groups is 2. The summed E-state index contributed by atoms with van der Waals surface area (Å²) in [7, 11) is 2.11. The van der Waals surface area contributed by atoms with Crippen LogP contribution in [0.3, 0.4) is 0 Å². The van der Waals surface area contributed by atoms with Crippen molar-refractivity contribution in [2.24, 2.45) is 20.5 Å². The molecule has 1 heterocycles. The second-order valence-corrected chi connectivity index (χ2v) is 9.46. The van der Waals surface area contributed by atoms with Crippen molar-refractivity contribution in [1.82, 2.24) is 0 Å². The van der Waals surface area contributed by atoms with Crippen LogP contribution < -0.4 is 10.2 Å². The summed E-state index contributed by atoms with van der Waals surface area (Å²) in [6.45, 7) is 4.35. The third-order valence-electron chi connectivity index (χ3n) is 6.81. The number of benzene rings is 5. The number of anilines is 2. The second-order valence-electron chi connectivity index (χ2n) is 9.46. The lowest BCUT2D eigenvalue weighted by molar-refractivity contribution is 0.552. The molecule has 0 bridgehead atoms. The van der Waals surface area contributed by atoms with E-state index in [1.165, 1.54) is 5.69 Å². The van der Waals surface area contributed by atoms with Gasteiger partial charge in [-0.05, 0) is 56.3 Å². The summed E-state index contributed by atoms with van der Waals surface area (Å²) in [6.07, 6.45) is 0. The minimum absolute atomic E-state index is 0.178. The van der Waals surface area contributed by atoms with E-state index in [0.29, 0.717) is 0 Å². The lowest BCUT2D eigenvalue weighted by atomic mass is 9.98. The Morgan fingerprint density at radius 3 is 1.83 bits per heavy atom. The van der Waals surface area contributed by atoms with Gasteiger partial charge >= 0.3 is 0 Å². The Kier molecular flexibility index (Phi) is 5.22. The van der Waals surface area contributed by atoms with Gasteiger partial charge < -0.3 is 10.2 Å². The van der Waals surface area contributed by atoms with E-state index in [0.717, 1.165) is 50.0 Å². The van der Waals surface area contributed by atoms with Crippen LogP contribution in [0, 0.1) is 0 Å². The Morgan fingerprint density at radius 1 is 0.583 bits per heavy atom. The molecule has 0 amide bonds. The highest BCUT2D eigenvalue weighted by Gasteiger charge is 2.30. The first-order valence-electron chi connectivity index (χ1n) is 12.0. The monoisotopic (exact) mass is 470 g/mol. The van der Waals surface area contributed by atoms with Crippen molar-refractivity contribution in [3.8, 4) is 0 Å². The van der Waals surface area contributed by atoms with Gasteiger partial charge in [-0.25, -0.2) is 0 Å². The molecule has 0 radical (unpaired) electrons. The predicted octanol–water partition coefficient (Wildman–Crippen LogP) is 9.42. The summed E-state index contributed by atoms with van der Waals surface area (Å²) in [5.74, 6) is 0. The Balaban J connectivity index is 1.40. The topological polar surface area (TPSA) is 64.7 Å². The highest BCUT2D eigenvalue weighted by atomic mass is 15.3. The minimum atomic E-state index is -0.178. The molecule has 176 valence electrons. The summed E-state index contributed by atoms with van der Waals surface area (Å²) < 4.78 is 0. The zero-order valence-electron chi connectivity index (χ0n) is 20.5. The molecule has 0 fully saturated rings. The molecule has 0 spiro atoms. The summed E-state index contributed by atoms with van der Waals surface area (Å²) in [4.78, 5) is 2.26. The first-order chi connectivity index (χ1) is 17.5. The van der Waals surface area contributed by atoms with E-state index >= 15 is 0 Å². The van der Waals surface area contributed by atoms with Crippen molar-refractivity contribution in [2.45, 2.75) is 19.5 Å². The van der Waals surface area contributed by atoms with E-state index in [-0.39, 0.29) is 5.66 Å². The third kappa shape index (κ3) is 3.77. The van der Waals surface area contributed by atoms with Gasteiger partial charge in [0.1, 0.15) is 5.66 Å². The molecule has 1 aliphatic heterocycles. The Morgan fingerprint density at radius 2 is 1.14 bits per heavy atom. The van der Waals surface area contributed by atoms with Gasteiger partial charge in [0.15, 0.2) is 0 Å². The van der Waals surface area contributed by atoms with Gasteiger partial charge in [0.2, 0.25) is 0 Å². The van der Waals surface area contributed by atoms with Crippen LogP contribution in [-0.2, 0) is 0 Å². The fourth-order valence-corrected chi connectivity index (χ4v) is 4.71. The summed E-state index contributed by atoms with van der Waals surface area (Å²) in [6, 6.07) is 32.2. The van der Waals surface area contributed by atoms with E-state index < -0.39 is 0 Å². The van der Waals surface area contributed by atoms with Crippen molar-refractivity contribution < 1.29 is 0 Å². The minimum Gasteiger partial charge on any atom is -0.363 e. The molecule has 6 rings (SSSR count). The lowest BCUT2D eigenvalue weighted by Gasteiger charge is -2.43. The number of nitrogens with one attached hydrogen (secondary N) is 1. The zero-order chi connectivity index (χ0) is 24.7. The van der Waals surface area contributed by atoms with Gasteiger partial charge in [0, 0.05) is 40.0 Å². The highest BCUT2D eigenvalue weighted by molar-refractivity contribution is 6.10. The Bertz CT molecular complexity index is 1650. The SMILES string of the molecule is CN1c2ccc(N=Nc3ccc(N=Nc4ccccc4)c4ccccc34)c3cccc(c23)NC1(C)C. The molecule has 0 atom stereocenters. The fraction of sp³-hybridized carbons (Fsp3) is 0.133. The summed E-state index contributed by atoms with van der Waals surface area (Å²) in [5.41, 5.74) is 5.36. The molecule has 5 aromatic carbocycles. The van der Waals surface area contributed by atoms with Gasteiger partial charge in [-0.1, -0.05) is 54.6 Å². The average Bonchev–Trinajstić information content (AvgIpc) is 2.90. The molecule has 1 aliphatic rings. The maximum Gasteiger partial charge on any atom is 0.104 e. The fourth-order valence-electron chi connectivity index (χ4n) is 4.71. The van der Waals surface area contributed by atoms with Crippen LogP contribution in [0.4, 0.5) is 34.1 Å². The van der Waals surface area contributed by atoms with Gasteiger partial charge in [-0.3, -0.25) is 0 Å². The summed E-state index contributed by atoms with van der Waals surface area (Å²) >= 11 is 0. The molecule has 0 unspecified atom stereocenters. The molecular formula is C30H26N6. The quantitative estimate of drug-likeness (QED) is 0.266. The smallest absolute Gasteiger partial charge is 0.104 e. The molecule has 1 N–H and O–H groups in total. The third-order valence-corrected chi connectivity index (χ3v) is 6.81. The molecule has 0 aliphatic carbocycles. The number of hydrogen-bond acceptors (Lipinski definition) is 6. The molecule has 5 aromatic rings. The normalized spacial score (nSPS) is 14.7. The van der Waals surface area contributed by atoms with Crippen LogP contribution >= 0.6 is 0 Å². The highest BCUT2D eigenvalue weighted by Crippen LogP contribution is 2.44. The van der Waals surface area contributed by atoms with Crippen LogP contribution in [0.5, 0.6) is 0 Å². The standard InChI is InChI=1S/C30H26N6/c1-30(2)31-27-15-9-14-23-26(18-19-28(29(23)27)36(30)3)35-34-25-17-16-24(21-12-7-8-13-22(21)25)33-32-20-10-5-4-6-11-20/h4-19,31H,1-3H3. The number of fused-ring (bicyclic) bond motifs is 1. The van der Waals surface area contributed by atoms with Crippen LogP contribution in [0.15, 0.2) is 118 Å². The number of hydrogen-bond donors (Lipinski definition) is 1. The number of nitrogens with zero attached hydrogens (tertiary/aromatic N) is 5. The van der Waals surface area contributed by atoms with Crippen LogP contribution in [-0.4, -0.2) is 12.7 Å². The Labute approximate surface area is 210 Å². The van der Waals surface area contributed by atoms with E-state index in [2.05, 4.69) is 70.7 Å². The van der Waals surface area contributed by atoms with Gasteiger partial charge in [-0.15, -0.1) is 15.3 Å². The number of rotatable bonds is 4. The first kappa shape index (κ1) is 21.9. The summed E-state index contributed by atoms with van der Waals surface area (Å²) in [5, 5.41) is 26.1. The predicted molar refractivity (Wildman–Crippen MR) is 149 cm³/mol. The molecule has 0 aromatic heterocycles.